The fourth-order valence-corrected chi connectivity index (χ4v) is 2.77. The summed E-state index contributed by atoms with van der Waals surface area (Å²) in [6.45, 7) is 3.87. The number of carbonyl (C=O) groups is 1. The van der Waals surface area contributed by atoms with Crippen molar-refractivity contribution in [3.05, 3.63) is 81.0 Å². The average molecular weight is 354 g/mol. The number of halogens is 1. The molecule has 134 valence electrons. The Morgan fingerprint density at radius 2 is 1.81 bits per heavy atom. The second-order valence-corrected chi connectivity index (χ2v) is 6.28. The number of benzene rings is 2. The Morgan fingerprint density at radius 1 is 1.08 bits per heavy atom. The van der Waals surface area contributed by atoms with Crippen LogP contribution in [0.3, 0.4) is 0 Å². The van der Waals surface area contributed by atoms with Crippen molar-refractivity contribution in [2.75, 3.05) is 0 Å². The third-order valence-corrected chi connectivity index (χ3v) is 4.39. The lowest BCUT2D eigenvalue weighted by Crippen LogP contribution is -2.09. The third-order valence-electron chi connectivity index (χ3n) is 4.39. The topological polar surface area (TPSA) is 56.5 Å². The summed E-state index contributed by atoms with van der Waals surface area (Å²) < 4.78 is 24.1. The van der Waals surface area contributed by atoms with E-state index in [9.17, 15) is 14.0 Å². The third kappa shape index (κ3) is 3.99. The van der Waals surface area contributed by atoms with Crippen molar-refractivity contribution in [3.8, 4) is 0 Å². The van der Waals surface area contributed by atoms with E-state index in [4.69, 9.17) is 9.15 Å². The lowest BCUT2D eigenvalue weighted by atomic mass is 10.0. The molecule has 3 rings (SSSR count). The molecule has 3 aromatic rings. The van der Waals surface area contributed by atoms with Gasteiger partial charge in [0.05, 0.1) is 0 Å². The number of carbonyl (C=O) groups excluding carboxylic acids is 1. The maximum atomic E-state index is 13.6. The second kappa shape index (κ2) is 7.52. The van der Waals surface area contributed by atoms with Crippen LogP contribution in [0.1, 0.15) is 28.7 Å². The largest absolute Gasteiger partial charge is 0.461 e. The number of rotatable bonds is 5. The predicted octanol–water partition coefficient (Wildman–Crippen LogP) is 4.22. The molecular formula is C21H19FO4. The highest BCUT2D eigenvalue weighted by molar-refractivity contribution is 5.82. The van der Waals surface area contributed by atoms with Crippen molar-refractivity contribution >= 4 is 16.9 Å². The highest BCUT2D eigenvalue weighted by Gasteiger charge is 2.11. The van der Waals surface area contributed by atoms with E-state index in [1.807, 2.05) is 19.9 Å². The maximum Gasteiger partial charge on any atom is 0.336 e. The zero-order chi connectivity index (χ0) is 18.7. The van der Waals surface area contributed by atoms with Crippen LogP contribution >= 0.6 is 0 Å². The van der Waals surface area contributed by atoms with Crippen molar-refractivity contribution in [1.82, 2.24) is 0 Å². The first-order valence-corrected chi connectivity index (χ1v) is 8.37. The quantitative estimate of drug-likeness (QED) is 0.508. The summed E-state index contributed by atoms with van der Waals surface area (Å²) in [5.41, 5.74) is 3.12. The molecule has 0 radical (unpaired) electrons. The van der Waals surface area contributed by atoms with E-state index >= 15 is 0 Å². The van der Waals surface area contributed by atoms with Gasteiger partial charge in [0.2, 0.25) is 0 Å². The summed E-state index contributed by atoms with van der Waals surface area (Å²) in [5.74, 6) is -0.781. The molecule has 0 amide bonds. The summed E-state index contributed by atoms with van der Waals surface area (Å²) in [7, 11) is 0. The van der Waals surface area contributed by atoms with Crippen LogP contribution in [0.15, 0.2) is 51.7 Å². The number of hydrogen-bond donors (Lipinski definition) is 0. The van der Waals surface area contributed by atoms with E-state index < -0.39 is 11.6 Å². The molecule has 0 atom stereocenters. The Bertz CT molecular complexity index is 1020. The molecule has 0 saturated carbocycles. The van der Waals surface area contributed by atoms with E-state index in [0.717, 1.165) is 16.5 Å². The van der Waals surface area contributed by atoms with Crippen LogP contribution in [0.2, 0.25) is 0 Å². The first-order valence-electron chi connectivity index (χ1n) is 8.37. The molecule has 2 aromatic carbocycles. The molecule has 0 bridgehead atoms. The standard InChI is InChI=1S/C21H19FO4/c1-13-9-17-16(11-21(24)26-19(17)10-14(13)2)12-25-20(23)8-7-15-5-3-4-6-18(15)22/h3-6,9-11H,7-8,12H2,1-2H3. The van der Waals surface area contributed by atoms with Gasteiger partial charge in [-0.3, -0.25) is 4.79 Å². The van der Waals surface area contributed by atoms with Gasteiger partial charge < -0.3 is 9.15 Å². The molecule has 0 N–H and O–H groups in total. The van der Waals surface area contributed by atoms with Crippen molar-refractivity contribution in [2.45, 2.75) is 33.3 Å². The number of fused-ring (bicyclic) bond motifs is 1. The Balaban J connectivity index is 1.71. The number of esters is 1. The number of ether oxygens (including phenoxy) is 1. The van der Waals surface area contributed by atoms with E-state index in [-0.39, 0.29) is 25.3 Å². The lowest BCUT2D eigenvalue weighted by Gasteiger charge is -2.09. The molecule has 1 aromatic heterocycles. The molecule has 4 nitrogen and oxygen atoms in total. The van der Waals surface area contributed by atoms with Gasteiger partial charge >= 0.3 is 11.6 Å². The van der Waals surface area contributed by atoms with Gasteiger partial charge in [0.15, 0.2) is 0 Å². The molecule has 5 heteroatoms. The average Bonchev–Trinajstić information content (AvgIpc) is 2.60. The smallest absolute Gasteiger partial charge is 0.336 e. The van der Waals surface area contributed by atoms with Crippen LogP contribution < -0.4 is 5.63 Å². The van der Waals surface area contributed by atoms with Crippen LogP contribution in [0.25, 0.3) is 11.0 Å². The van der Waals surface area contributed by atoms with Gasteiger partial charge in [0.1, 0.15) is 18.0 Å². The minimum atomic E-state index is -0.488. The normalized spacial score (nSPS) is 10.9. The molecule has 0 aliphatic rings. The van der Waals surface area contributed by atoms with Gasteiger partial charge in [-0.15, -0.1) is 0 Å². The predicted molar refractivity (Wildman–Crippen MR) is 96.5 cm³/mol. The minimum absolute atomic E-state index is 0.0271. The van der Waals surface area contributed by atoms with Gasteiger partial charge in [-0.25, -0.2) is 9.18 Å². The maximum absolute atomic E-state index is 13.6. The summed E-state index contributed by atoms with van der Waals surface area (Å²) in [5, 5.41) is 0.745. The first kappa shape index (κ1) is 17.9. The molecule has 0 spiro atoms. The van der Waals surface area contributed by atoms with Crippen molar-refractivity contribution in [1.29, 1.82) is 0 Å². The second-order valence-electron chi connectivity index (χ2n) is 6.28. The molecule has 0 unspecified atom stereocenters. The number of hydrogen-bond acceptors (Lipinski definition) is 4. The van der Waals surface area contributed by atoms with E-state index in [1.54, 1.807) is 24.3 Å². The van der Waals surface area contributed by atoms with Crippen LogP contribution in [0, 0.1) is 19.7 Å². The fraction of sp³-hybridized carbons (Fsp3) is 0.238. The highest BCUT2D eigenvalue weighted by atomic mass is 19.1. The summed E-state index contributed by atoms with van der Waals surface area (Å²) in [6.07, 6.45) is 0.333. The number of aryl methyl sites for hydroxylation is 3. The van der Waals surface area contributed by atoms with E-state index in [0.29, 0.717) is 16.7 Å². The van der Waals surface area contributed by atoms with Crippen LogP contribution in [-0.4, -0.2) is 5.97 Å². The van der Waals surface area contributed by atoms with Crippen molar-refractivity contribution in [3.63, 3.8) is 0 Å². The van der Waals surface area contributed by atoms with Crippen LogP contribution in [0.4, 0.5) is 4.39 Å². The highest BCUT2D eigenvalue weighted by Crippen LogP contribution is 2.22. The summed E-state index contributed by atoms with van der Waals surface area (Å²) >= 11 is 0. The van der Waals surface area contributed by atoms with Crippen LogP contribution in [0.5, 0.6) is 0 Å². The van der Waals surface area contributed by atoms with Gasteiger partial charge in [-0.1, -0.05) is 18.2 Å². The summed E-state index contributed by atoms with van der Waals surface area (Å²) in [4.78, 5) is 23.7. The Morgan fingerprint density at radius 3 is 2.58 bits per heavy atom. The molecule has 0 saturated heterocycles. The monoisotopic (exact) mass is 354 g/mol. The molecule has 0 fully saturated rings. The Hall–Kier alpha value is -2.95. The van der Waals surface area contributed by atoms with Gasteiger partial charge in [0, 0.05) is 23.4 Å². The molecule has 0 aliphatic carbocycles. The Labute approximate surface area is 150 Å². The molecule has 0 aliphatic heterocycles. The van der Waals surface area contributed by atoms with E-state index in [2.05, 4.69) is 0 Å². The van der Waals surface area contributed by atoms with Crippen molar-refractivity contribution in [2.24, 2.45) is 0 Å². The molecule has 1 heterocycles. The van der Waals surface area contributed by atoms with E-state index in [1.165, 1.54) is 12.1 Å². The zero-order valence-electron chi connectivity index (χ0n) is 14.7. The molecular weight excluding hydrogens is 335 g/mol. The fourth-order valence-electron chi connectivity index (χ4n) is 2.77. The molecule has 26 heavy (non-hydrogen) atoms. The first-order chi connectivity index (χ1) is 12.4. The summed E-state index contributed by atoms with van der Waals surface area (Å²) in [6, 6.07) is 11.4. The minimum Gasteiger partial charge on any atom is -0.461 e. The SMILES string of the molecule is Cc1cc2oc(=O)cc(COC(=O)CCc3ccccc3F)c2cc1C. The van der Waals surface area contributed by atoms with Gasteiger partial charge in [-0.05, 0) is 55.2 Å². The van der Waals surface area contributed by atoms with Crippen molar-refractivity contribution < 1.29 is 18.3 Å². The van der Waals surface area contributed by atoms with Gasteiger partial charge in [-0.2, -0.15) is 0 Å². The van der Waals surface area contributed by atoms with Gasteiger partial charge in [0.25, 0.3) is 0 Å². The zero-order valence-corrected chi connectivity index (χ0v) is 14.7. The Kier molecular flexibility index (Phi) is 5.16. The lowest BCUT2D eigenvalue weighted by molar-refractivity contribution is -0.144. The van der Waals surface area contributed by atoms with Crippen LogP contribution in [-0.2, 0) is 22.6 Å².